The summed E-state index contributed by atoms with van der Waals surface area (Å²) < 4.78 is 42.0. The lowest BCUT2D eigenvalue weighted by molar-refractivity contribution is 0.102. The molecular formula is C20H15Cl2FN2O3S. The highest BCUT2D eigenvalue weighted by atomic mass is 35.5. The Bertz CT molecular complexity index is 1200. The maximum absolute atomic E-state index is 14.0. The second-order valence-electron chi connectivity index (χ2n) is 6.14. The number of aryl methyl sites for hydroxylation is 1. The molecule has 0 atom stereocenters. The van der Waals surface area contributed by atoms with Crippen LogP contribution in [0.2, 0.25) is 10.0 Å². The highest BCUT2D eigenvalue weighted by Crippen LogP contribution is 2.27. The third-order valence-electron chi connectivity index (χ3n) is 4.03. The average Bonchev–Trinajstić information content (AvgIpc) is 2.65. The summed E-state index contributed by atoms with van der Waals surface area (Å²) in [5.74, 6) is -1.51. The number of carbonyl (C=O) groups excluding carboxylic acids is 1. The Balaban J connectivity index is 1.89. The van der Waals surface area contributed by atoms with Gasteiger partial charge in [0.05, 0.1) is 21.2 Å². The van der Waals surface area contributed by atoms with E-state index in [9.17, 15) is 17.6 Å². The number of rotatable bonds is 5. The van der Waals surface area contributed by atoms with E-state index >= 15 is 0 Å². The van der Waals surface area contributed by atoms with Gasteiger partial charge in [-0.25, -0.2) is 12.8 Å². The number of benzene rings is 3. The lowest BCUT2D eigenvalue weighted by atomic mass is 10.2. The first-order chi connectivity index (χ1) is 13.7. The molecule has 0 radical (unpaired) electrons. The van der Waals surface area contributed by atoms with Gasteiger partial charge in [-0.15, -0.1) is 0 Å². The van der Waals surface area contributed by atoms with E-state index in [2.05, 4.69) is 10.0 Å². The predicted molar refractivity (Wildman–Crippen MR) is 113 cm³/mol. The molecule has 0 bridgehead atoms. The van der Waals surface area contributed by atoms with Gasteiger partial charge >= 0.3 is 0 Å². The van der Waals surface area contributed by atoms with Crippen molar-refractivity contribution in [2.24, 2.45) is 0 Å². The van der Waals surface area contributed by atoms with Gasteiger partial charge in [-0.3, -0.25) is 9.52 Å². The molecule has 0 spiro atoms. The lowest BCUT2D eigenvalue weighted by Crippen LogP contribution is -2.17. The third-order valence-corrected chi connectivity index (χ3v) is 6.10. The summed E-state index contributed by atoms with van der Waals surface area (Å²) in [6.07, 6.45) is 0. The molecule has 3 aromatic rings. The van der Waals surface area contributed by atoms with Gasteiger partial charge in [0.2, 0.25) is 0 Å². The van der Waals surface area contributed by atoms with Crippen molar-refractivity contribution in [3.63, 3.8) is 0 Å². The largest absolute Gasteiger partial charge is 0.322 e. The van der Waals surface area contributed by atoms with E-state index < -0.39 is 21.7 Å². The molecule has 5 nitrogen and oxygen atoms in total. The second kappa shape index (κ2) is 8.41. The van der Waals surface area contributed by atoms with Gasteiger partial charge in [0.25, 0.3) is 15.9 Å². The SMILES string of the molecule is Cc1ccc(NC(=O)c2ccc(Cl)cc2F)cc1S(=O)(=O)Nc1ccccc1Cl. The first-order valence-electron chi connectivity index (χ1n) is 8.32. The minimum atomic E-state index is -3.98. The van der Waals surface area contributed by atoms with Crippen LogP contribution in [-0.2, 0) is 10.0 Å². The van der Waals surface area contributed by atoms with Gasteiger partial charge in [0.1, 0.15) is 5.82 Å². The molecule has 0 saturated heterocycles. The van der Waals surface area contributed by atoms with Crippen LogP contribution in [0.5, 0.6) is 0 Å². The molecule has 9 heteroatoms. The van der Waals surface area contributed by atoms with Crippen molar-refractivity contribution in [3.8, 4) is 0 Å². The van der Waals surface area contributed by atoms with Crippen LogP contribution in [0.4, 0.5) is 15.8 Å². The number of hydrogen-bond acceptors (Lipinski definition) is 3. The first kappa shape index (κ1) is 21.1. The molecule has 0 aliphatic carbocycles. The van der Waals surface area contributed by atoms with Crippen LogP contribution >= 0.6 is 23.2 Å². The zero-order chi connectivity index (χ0) is 21.2. The summed E-state index contributed by atoms with van der Waals surface area (Å²) >= 11 is 11.7. The summed E-state index contributed by atoms with van der Waals surface area (Å²) in [7, 11) is -3.98. The first-order valence-corrected chi connectivity index (χ1v) is 10.6. The smallest absolute Gasteiger partial charge is 0.262 e. The highest BCUT2D eigenvalue weighted by Gasteiger charge is 2.20. The van der Waals surface area contributed by atoms with Crippen molar-refractivity contribution in [3.05, 3.63) is 87.7 Å². The van der Waals surface area contributed by atoms with Crippen LogP contribution in [0.1, 0.15) is 15.9 Å². The van der Waals surface area contributed by atoms with E-state index in [-0.39, 0.29) is 31.9 Å². The summed E-state index contributed by atoms with van der Waals surface area (Å²) in [6.45, 7) is 1.62. The molecule has 0 saturated carbocycles. The molecule has 0 heterocycles. The Morgan fingerprint density at radius 1 is 1.00 bits per heavy atom. The molecule has 3 aromatic carbocycles. The standard InChI is InChI=1S/C20H15Cl2FN2O3S/c1-12-6-8-14(24-20(26)15-9-7-13(21)10-17(15)23)11-19(12)29(27,28)25-18-5-3-2-4-16(18)22/h2-11,25H,1H3,(H,24,26). The second-order valence-corrected chi connectivity index (χ2v) is 8.64. The van der Waals surface area contributed by atoms with Gasteiger partial charge in [-0.05, 0) is 55.0 Å². The number of hydrogen-bond donors (Lipinski definition) is 2. The van der Waals surface area contributed by atoms with Crippen molar-refractivity contribution in [1.29, 1.82) is 0 Å². The van der Waals surface area contributed by atoms with E-state index in [1.165, 1.54) is 36.4 Å². The summed E-state index contributed by atoms with van der Waals surface area (Å²) in [4.78, 5) is 12.3. The van der Waals surface area contributed by atoms with Crippen molar-refractivity contribution in [2.45, 2.75) is 11.8 Å². The van der Waals surface area contributed by atoms with E-state index in [0.717, 1.165) is 6.07 Å². The van der Waals surface area contributed by atoms with Crippen LogP contribution in [0.25, 0.3) is 0 Å². The average molecular weight is 453 g/mol. The molecule has 0 aromatic heterocycles. The summed E-state index contributed by atoms with van der Waals surface area (Å²) in [6, 6.07) is 14.4. The number of carbonyl (C=O) groups is 1. The minimum Gasteiger partial charge on any atom is -0.322 e. The minimum absolute atomic E-state index is 0.0493. The van der Waals surface area contributed by atoms with Crippen molar-refractivity contribution >= 4 is 50.5 Å². The maximum atomic E-state index is 14.0. The molecule has 1 amide bonds. The lowest BCUT2D eigenvalue weighted by Gasteiger charge is -2.13. The summed E-state index contributed by atoms with van der Waals surface area (Å²) in [5, 5.41) is 2.90. The van der Waals surface area contributed by atoms with Crippen molar-refractivity contribution in [2.75, 3.05) is 10.0 Å². The van der Waals surface area contributed by atoms with Gasteiger partial charge in [0, 0.05) is 10.7 Å². The fourth-order valence-corrected chi connectivity index (χ4v) is 4.33. The maximum Gasteiger partial charge on any atom is 0.262 e. The molecule has 2 N–H and O–H groups in total. The molecule has 150 valence electrons. The molecular weight excluding hydrogens is 438 g/mol. The van der Waals surface area contributed by atoms with Gasteiger partial charge in [-0.2, -0.15) is 0 Å². The topological polar surface area (TPSA) is 75.3 Å². The number of sulfonamides is 1. The molecule has 3 rings (SSSR count). The number of para-hydroxylation sites is 1. The summed E-state index contributed by atoms with van der Waals surface area (Å²) in [5.41, 5.74) is 0.662. The predicted octanol–water partition coefficient (Wildman–Crippen LogP) is 5.49. The van der Waals surface area contributed by atoms with Gasteiger partial charge in [-0.1, -0.05) is 41.4 Å². The van der Waals surface area contributed by atoms with Gasteiger partial charge < -0.3 is 5.32 Å². The molecule has 0 unspecified atom stereocenters. The monoisotopic (exact) mass is 452 g/mol. The Kier molecular flexibility index (Phi) is 6.12. The Morgan fingerprint density at radius 3 is 2.41 bits per heavy atom. The Morgan fingerprint density at radius 2 is 1.72 bits per heavy atom. The van der Waals surface area contributed by atoms with E-state index in [1.807, 2.05) is 0 Å². The molecule has 29 heavy (non-hydrogen) atoms. The number of anilines is 2. The molecule has 0 aliphatic rings. The van der Waals surface area contributed by atoms with Crippen LogP contribution in [0.3, 0.4) is 0 Å². The van der Waals surface area contributed by atoms with Crippen LogP contribution in [-0.4, -0.2) is 14.3 Å². The quantitative estimate of drug-likeness (QED) is 0.536. The fraction of sp³-hybridized carbons (Fsp3) is 0.0500. The zero-order valence-electron chi connectivity index (χ0n) is 15.0. The van der Waals surface area contributed by atoms with Gasteiger partial charge in [0.15, 0.2) is 0 Å². The number of nitrogens with one attached hydrogen (secondary N) is 2. The van der Waals surface area contributed by atoms with Crippen LogP contribution < -0.4 is 10.0 Å². The molecule has 0 fully saturated rings. The normalized spacial score (nSPS) is 11.2. The Hall–Kier alpha value is -2.61. The third kappa shape index (κ3) is 4.87. The molecule has 0 aliphatic heterocycles. The number of amides is 1. The van der Waals surface area contributed by atoms with Crippen molar-refractivity contribution < 1.29 is 17.6 Å². The zero-order valence-corrected chi connectivity index (χ0v) is 17.4. The van der Waals surface area contributed by atoms with Crippen LogP contribution in [0.15, 0.2) is 65.6 Å². The highest BCUT2D eigenvalue weighted by molar-refractivity contribution is 7.92. The van der Waals surface area contributed by atoms with Crippen molar-refractivity contribution in [1.82, 2.24) is 0 Å². The van der Waals surface area contributed by atoms with E-state index in [4.69, 9.17) is 23.2 Å². The fourth-order valence-electron chi connectivity index (χ4n) is 2.58. The van der Waals surface area contributed by atoms with Crippen LogP contribution in [0, 0.1) is 12.7 Å². The van der Waals surface area contributed by atoms with E-state index in [0.29, 0.717) is 5.56 Å². The Labute approximate surface area is 177 Å². The number of halogens is 3. The van der Waals surface area contributed by atoms with E-state index in [1.54, 1.807) is 25.1 Å².